The van der Waals surface area contributed by atoms with Crippen molar-refractivity contribution in [2.75, 3.05) is 0 Å². The van der Waals surface area contributed by atoms with Gasteiger partial charge in [-0.2, -0.15) is 0 Å². The molecule has 1 aromatic heterocycles. The van der Waals surface area contributed by atoms with Crippen LogP contribution < -0.4 is 5.73 Å². The summed E-state index contributed by atoms with van der Waals surface area (Å²) in [6, 6.07) is 4.54. The van der Waals surface area contributed by atoms with E-state index >= 15 is 0 Å². The molecule has 1 atom stereocenters. The average molecular weight is 271 g/mol. The van der Waals surface area contributed by atoms with Crippen LogP contribution >= 0.6 is 22.9 Å². The van der Waals surface area contributed by atoms with Gasteiger partial charge in [-0.3, -0.25) is 0 Å². The van der Waals surface area contributed by atoms with Crippen molar-refractivity contribution in [1.29, 1.82) is 0 Å². The molecule has 0 aliphatic heterocycles. The maximum absolute atomic E-state index is 13.2. The summed E-state index contributed by atoms with van der Waals surface area (Å²) in [6.07, 6.45) is 0.553. The second-order valence-corrected chi connectivity index (χ2v) is 5.32. The second kappa shape index (κ2) is 5.12. The highest BCUT2D eigenvalue weighted by molar-refractivity contribution is 7.09. The molecule has 0 saturated heterocycles. The molecule has 0 radical (unpaired) electrons. The van der Waals surface area contributed by atoms with Crippen molar-refractivity contribution in [1.82, 2.24) is 4.98 Å². The number of aromatic nitrogens is 1. The normalized spacial score (nSPS) is 12.7. The molecule has 0 spiro atoms. The molecule has 1 heterocycles. The van der Waals surface area contributed by atoms with Crippen LogP contribution in [0.1, 0.15) is 22.3 Å². The monoisotopic (exact) mass is 270 g/mol. The maximum Gasteiger partial charge on any atom is 0.142 e. The number of hydrogen-bond acceptors (Lipinski definition) is 3. The third-order valence-electron chi connectivity index (χ3n) is 2.46. The summed E-state index contributed by atoms with van der Waals surface area (Å²) in [5, 5.41) is 3.05. The Labute approximate surface area is 108 Å². The molecule has 0 bridgehead atoms. The highest BCUT2D eigenvalue weighted by Crippen LogP contribution is 2.21. The lowest BCUT2D eigenvalue weighted by atomic mass is 10.0. The number of hydrogen-bond donors (Lipinski definition) is 1. The molecule has 1 aromatic carbocycles. The Morgan fingerprint density at radius 2 is 2.29 bits per heavy atom. The minimum Gasteiger partial charge on any atom is -0.322 e. The van der Waals surface area contributed by atoms with Gasteiger partial charge in [-0.1, -0.05) is 17.7 Å². The van der Waals surface area contributed by atoms with E-state index in [9.17, 15) is 4.39 Å². The zero-order valence-electron chi connectivity index (χ0n) is 9.28. The van der Waals surface area contributed by atoms with Gasteiger partial charge in [0.05, 0.1) is 21.8 Å². The zero-order valence-corrected chi connectivity index (χ0v) is 10.9. The third-order valence-corrected chi connectivity index (χ3v) is 3.55. The first-order valence-corrected chi connectivity index (χ1v) is 6.43. The number of aryl methyl sites for hydroxylation is 1. The maximum atomic E-state index is 13.2. The summed E-state index contributed by atoms with van der Waals surface area (Å²) in [5.74, 6) is -0.411. The third kappa shape index (κ3) is 3.03. The molecule has 2 N–H and O–H groups in total. The van der Waals surface area contributed by atoms with E-state index in [0.29, 0.717) is 6.42 Å². The fraction of sp³-hybridized carbons (Fsp3) is 0.250. The number of halogens is 2. The van der Waals surface area contributed by atoms with Crippen LogP contribution in [0.15, 0.2) is 23.6 Å². The molecule has 2 aromatic rings. The van der Waals surface area contributed by atoms with Gasteiger partial charge in [0.15, 0.2) is 0 Å². The summed E-state index contributed by atoms with van der Waals surface area (Å²) in [6.45, 7) is 1.93. The van der Waals surface area contributed by atoms with Gasteiger partial charge in [-0.15, -0.1) is 11.3 Å². The van der Waals surface area contributed by atoms with Gasteiger partial charge < -0.3 is 5.73 Å². The van der Waals surface area contributed by atoms with Gasteiger partial charge in [0.1, 0.15) is 5.82 Å². The molecule has 17 heavy (non-hydrogen) atoms. The highest BCUT2D eigenvalue weighted by Gasteiger charge is 2.11. The SMILES string of the molecule is Cc1nc(C(N)Cc2ccc(Cl)c(F)c2)cs1. The lowest BCUT2D eigenvalue weighted by Gasteiger charge is -2.09. The Bertz CT molecular complexity index is 527. The van der Waals surface area contributed by atoms with Gasteiger partial charge in [0, 0.05) is 5.38 Å². The quantitative estimate of drug-likeness (QED) is 0.927. The van der Waals surface area contributed by atoms with Gasteiger partial charge in [0.2, 0.25) is 0 Å². The number of thiazole rings is 1. The molecule has 5 heteroatoms. The van der Waals surface area contributed by atoms with E-state index in [2.05, 4.69) is 4.98 Å². The summed E-state index contributed by atoms with van der Waals surface area (Å²) in [7, 11) is 0. The highest BCUT2D eigenvalue weighted by atomic mass is 35.5. The Morgan fingerprint density at radius 1 is 1.53 bits per heavy atom. The average Bonchev–Trinajstić information content (AvgIpc) is 2.70. The van der Waals surface area contributed by atoms with Crippen molar-refractivity contribution in [3.63, 3.8) is 0 Å². The minimum atomic E-state index is -0.411. The molecule has 0 aliphatic carbocycles. The largest absolute Gasteiger partial charge is 0.322 e. The van der Waals surface area contributed by atoms with Crippen molar-refractivity contribution in [2.45, 2.75) is 19.4 Å². The number of nitrogens with zero attached hydrogens (tertiary/aromatic N) is 1. The van der Waals surface area contributed by atoms with Crippen molar-refractivity contribution < 1.29 is 4.39 Å². The summed E-state index contributed by atoms with van der Waals surface area (Å²) >= 11 is 7.18. The van der Waals surface area contributed by atoms with E-state index in [-0.39, 0.29) is 11.1 Å². The Kier molecular flexibility index (Phi) is 3.76. The summed E-state index contributed by atoms with van der Waals surface area (Å²) in [5.41, 5.74) is 7.69. The lowest BCUT2D eigenvalue weighted by Crippen LogP contribution is -2.13. The molecular formula is C12H12ClFN2S. The van der Waals surface area contributed by atoms with Gasteiger partial charge >= 0.3 is 0 Å². The molecule has 0 fully saturated rings. The predicted molar refractivity (Wildman–Crippen MR) is 68.9 cm³/mol. The Hall–Kier alpha value is -0.970. The first kappa shape index (κ1) is 12.5. The van der Waals surface area contributed by atoms with Crippen LogP contribution in [0.25, 0.3) is 0 Å². The van der Waals surface area contributed by atoms with Crippen molar-refractivity contribution in [3.05, 3.63) is 50.7 Å². The van der Waals surface area contributed by atoms with Crippen LogP contribution in [0.2, 0.25) is 5.02 Å². The molecule has 1 unspecified atom stereocenters. The Balaban J connectivity index is 2.12. The van der Waals surface area contributed by atoms with Crippen LogP contribution in [0, 0.1) is 12.7 Å². The topological polar surface area (TPSA) is 38.9 Å². The van der Waals surface area contributed by atoms with E-state index in [0.717, 1.165) is 16.3 Å². The molecule has 0 aliphatic rings. The van der Waals surface area contributed by atoms with Crippen LogP contribution in [0.3, 0.4) is 0 Å². The Morgan fingerprint density at radius 3 is 2.88 bits per heavy atom. The fourth-order valence-electron chi connectivity index (χ4n) is 1.58. The van der Waals surface area contributed by atoms with E-state index in [1.807, 2.05) is 12.3 Å². The molecule has 0 saturated carbocycles. The molecule has 90 valence electrons. The van der Waals surface area contributed by atoms with Crippen molar-refractivity contribution >= 4 is 22.9 Å². The lowest BCUT2D eigenvalue weighted by molar-refractivity contribution is 0.621. The second-order valence-electron chi connectivity index (χ2n) is 3.85. The van der Waals surface area contributed by atoms with E-state index in [1.54, 1.807) is 23.5 Å². The van der Waals surface area contributed by atoms with Crippen LogP contribution in [0.5, 0.6) is 0 Å². The van der Waals surface area contributed by atoms with Crippen molar-refractivity contribution in [3.8, 4) is 0 Å². The van der Waals surface area contributed by atoms with Crippen LogP contribution in [-0.2, 0) is 6.42 Å². The minimum absolute atomic E-state index is 0.131. The van der Waals surface area contributed by atoms with Crippen LogP contribution in [0.4, 0.5) is 4.39 Å². The van der Waals surface area contributed by atoms with E-state index in [4.69, 9.17) is 17.3 Å². The standard InChI is InChI=1S/C12H12ClFN2S/c1-7-16-12(6-17-7)11(15)5-8-2-3-9(13)10(14)4-8/h2-4,6,11H,5,15H2,1H3. The van der Waals surface area contributed by atoms with Crippen LogP contribution in [-0.4, -0.2) is 4.98 Å². The van der Waals surface area contributed by atoms with Gasteiger partial charge in [-0.05, 0) is 31.0 Å². The number of rotatable bonds is 3. The molecule has 2 rings (SSSR count). The van der Waals surface area contributed by atoms with Gasteiger partial charge in [-0.25, -0.2) is 9.37 Å². The van der Waals surface area contributed by atoms with Crippen molar-refractivity contribution in [2.24, 2.45) is 5.73 Å². The number of benzene rings is 1. The number of nitrogens with two attached hydrogens (primary N) is 1. The van der Waals surface area contributed by atoms with E-state index < -0.39 is 5.82 Å². The predicted octanol–water partition coefficient (Wildman–Crippen LogP) is 3.49. The van der Waals surface area contributed by atoms with E-state index in [1.165, 1.54) is 6.07 Å². The first-order valence-electron chi connectivity index (χ1n) is 5.18. The molecule has 2 nitrogen and oxygen atoms in total. The summed E-state index contributed by atoms with van der Waals surface area (Å²) in [4.78, 5) is 4.32. The zero-order chi connectivity index (χ0) is 12.4. The first-order chi connectivity index (χ1) is 8.06. The smallest absolute Gasteiger partial charge is 0.142 e. The molecular weight excluding hydrogens is 259 g/mol. The fourth-order valence-corrected chi connectivity index (χ4v) is 2.37. The van der Waals surface area contributed by atoms with Gasteiger partial charge in [0.25, 0.3) is 0 Å². The molecule has 0 amide bonds. The summed E-state index contributed by atoms with van der Waals surface area (Å²) < 4.78 is 13.2.